The number of hydrogen-bond acceptors (Lipinski definition) is 4. The summed E-state index contributed by atoms with van der Waals surface area (Å²) in [5.41, 5.74) is 2.66. The molecule has 1 saturated heterocycles. The zero-order chi connectivity index (χ0) is 15.4. The van der Waals surface area contributed by atoms with Gasteiger partial charge in [0.05, 0.1) is 5.69 Å². The molecule has 0 spiro atoms. The number of aryl methyl sites for hydroxylation is 1. The van der Waals surface area contributed by atoms with Gasteiger partial charge >= 0.3 is 6.03 Å². The molecule has 2 amide bonds. The van der Waals surface area contributed by atoms with E-state index in [0.717, 1.165) is 42.9 Å². The molecule has 1 aromatic carbocycles. The fourth-order valence-electron chi connectivity index (χ4n) is 2.68. The molecule has 0 radical (unpaired) electrons. The summed E-state index contributed by atoms with van der Waals surface area (Å²) >= 11 is 0. The van der Waals surface area contributed by atoms with Crippen molar-refractivity contribution in [3.8, 4) is 5.69 Å². The van der Waals surface area contributed by atoms with E-state index < -0.39 is 0 Å². The van der Waals surface area contributed by atoms with E-state index in [4.69, 9.17) is 0 Å². The average molecular weight is 300 g/mol. The number of urea groups is 1. The summed E-state index contributed by atoms with van der Waals surface area (Å²) < 4.78 is 1.59. The van der Waals surface area contributed by atoms with Crippen molar-refractivity contribution in [3.05, 3.63) is 30.1 Å². The van der Waals surface area contributed by atoms with Crippen molar-refractivity contribution in [2.45, 2.75) is 32.6 Å². The van der Waals surface area contributed by atoms with E-state index in [1.54, 1.807) is 11.0 Å². The second-order valence-electron chi connectivity index (χ2n) is 5.59. The molecule has 1 fully saturated rings. The minimum Gasteiger partial charge on any atom is -0.325 e. The van der Waals surface area contributed by atoms with Crippen molar-refractivity contribution >= 4 is 11.7 Å². The van der Waals surface area contributed by atoms with Crippen LogP contribution in [0.2, 0.25) is 0 Å². The summed E-state index contributed by atoms with van der Waals surface area (Å²) in [6.45, 7) is 3.65. The third-order valence-corrected chi connectivity index (χ3v) is 3.95. The van der Waals surface area contributed by atoms with E-state index in [1.165, 1.54) is 12.8 Å². The Kier molecular flexibility index (Phi) is 4.32. The maximum atomic E-state index is 12.4. The van der Waals surface area contributed by atoms with Gasteiger partial charge in [-0.05, 0) is 47.9 Å². The SMILES string of the molecule is Cc1ccc(NC(=O)N2CCCCCC2)cc1-n1cnnn1. The molecule has 22 heavy (non-hydrogen) atoms. The molecular weight excluding hydrogens is 280 g/mol. The van der Waals surface area contributed by atoms with E-state index in [0.29, 0.717) is 0 Å². The highest BCUT2D eigenvalue weighted by atomic mass is 16.2. The van der Waals surface area contributed by atoms with Crippen LogP contribution in [-0.4, -0.2) is 44.2 Å². The van der Waals surface area contributed by atoms with Gasteiger partial charge < -0.3 is 10.2 Å². The first-order chi connectivity index (χ1) is 10.7. The monoisotopic (exact) mass is 300 g/mol. The van der Waals surface area contributed by atoms with Crippen LogP contribution in [0, 0.1) is 6.92 Å². The van der Waals surface area contributed by atoms with Crippen LogP contribution in [0.5, 0.6) is 0 Å². The summed E-state index contributed by atoms with van der Waals surface area (Å²) in [5.74, 6) is 0. The molecule has 116 valence electrons. The van der Waals surface area contributed by atoms with Crippen LogP contribution < -0.4 is 5.32 Å². The first-order valence-corrected chi connectivity index (χ1v) is 7.64. The Hall–Kier alpha value is -2.44. The largest absolute Gasteiger partial charge is 0.325 e. The van der Waals surface area contributed by atoms with Gasteiger partial charge in [-0.15, -0.1) is 5.10 Å². The highest BCUT2D eigenvalue weighted by Crippen LogP contribution is 2.19. The van der Waals surface area contributed by atoms with Crippen molar-refractivity contribution < 1.29 is 4.79 Å². The van der Waals surface area contributed by atoms with Crippen LogP contribution >= 0.6 is 0 Å². The number of amides is 2. The molecule has 7 heteroatoms. The second kappa shape index (κ2) is 6.55. The van der Waals surface area contributed by atoms with E-state index in [1.807, 2.05) is 30.0 Å². The van der Waals surface area contributed by atoms with E-state index >= 15 is 0 Å². The Morgan fingerprint density at radius 2 is 1.95 bits per heavy atom. The Morgan fingerprint density at radius 3 is 2.64 bits per heavy atom. The molecule has 2 heterocycles. The second-order valence-corrected chi connectivity index (χ2v) is 5.59. The van der Waals surface area contributed by atoms with Gasteiger partial charge in [-0.1, -0.05) is 18.9 Å². The number of hydrogen-bond donors (Lipinski definition) is 1. The maximum absolute atomic E-state index is 12.4. The van der Waals surface area contributed by atoms with Crippen LogP contribution in [0.25, 0.3) is 5.69 Å². The van der Waals surface area contributed by atoms with Crippen molar-refractivity contribution in [1.29, 1.82) is 0 Å². The van der Waals surface area contributed by atoms with Crippen LogP contribution in [0.3, 0.4) is 0 Å². The lowest BCUT2D eigenvalue weighted by atomic mass is 10.2. The summed E-state index contributed by atoms with van der Waals surface area (Å²) in [7, 11) is 0. The number of likely N-dealkylation sites (tertiary alicyclic amines) is 1. The zero-order valence-corrected chi connectivity index (χ0v) is 12.7. The third kappa shape index (κ3) is 3.24. The number of aromatic nitrogens is 4. The number of carbonyl (C=O) groups is 1. The molecule has 0 saturated carbocycles. The molecule has 0 bridgehead atoms. The minimum atomic E-state index is -0.0339. The fourth-order valence-corrected chi connectivity index (χ4v) is 2.68. The number of nitrogens with one attached hydrogen (secondary N) is 1. The van der Waals surface area contributed by atoms with Crippen LogP contribution in [0.4, 0.5) is 10.5 Å². The molecule has 0 unspecified atom stereocenters. The Labute approximate surface area is 129 Å². The van der Waals surface area contributed by atoms with Gasteiger partial charge in [-0.3, -0.25) is 0 Å². The van der Waals surface area contributed by atoms with E-state index in [9.17, 15) is 4.79 Å². The quantitative estimate of drug-likeness (QED) is 0.924. The standard InChI is InChI=1S/C15H20N6O/c1-12-6-7-13(10-14(12)21-11-16-18-19-21)17-15(22)20-8-4-2-3-5-9-20/h6-7,10-11H,2-5,8-9H2,1H3,(H,17,22). The summed E-state index contributed by atoms with van der Waals surface area (Å²) in [6, 6.07) is 5.71. The molecule has 1 N–H and O–H groups in total. The van der Waals surface area contributed by atoms with Crippen LogP contribution in [0.15, 0.2) is 24.5 Å². The number of carbonyl (C=O) groups excluding carboxylic acids is 1. The van der Waals surface area contributed by atoms with Gasteiger partial charge in [0.1, 0.15) is 6.33 Å². The first kappa shape index (κ1) is 14.5. The normalized spacial score (nSPS) is 15.4. The summed E-state index contributed by atoms with van der Waals surface area (Å²) in [6.07, 6.45) is 6.12. The van der Waals surface area contributed by atoms with Crippen molar-refractivity contribution in [2.75, 3.05) is 18.4 Å². The lowest BCUT2D eigenvalue weighted by Crippen LogP contribution is -2.35. The van der Waals surface area contributed by atoms with Crippen molar-refractivity contribution in [1.82, 2.24) is 25.1 Å². The molecule has 0 aliphatic carbocycles. The van der Waals surface area contributed by atoms with Gasteiger partial charge in [0.2, 0.25) is 0 Å². The third-order valence-electron chi connectivity index (χ3n) is 3.95. The van der Waals surface area contributed by atoms with Crippen molar-refractivity contribution in [3.63, 3.8) is 0 Å². The predicted molar refractivity (Wildman–Crippen MR) is 83.0 cm³/mol. The molecule has 1 aromatic heterocycles. The summed E-state index contributed by atoms with van der Waals surface area (Å²) in [4.78, 5) is 14.3. The Balaban J connectivity index is 1.75. The molecule has 7 nitrogen and oxygen atoms in total. The first-order valence-electron chi connectivity index (χ1n) is 7.64. The predicted octanol–water partition coefficient (Wildman–Crippen LogP) is 2.38. The fraction of sp³-hybridized carbons (Fsp3) is 0.467. The number of nitrogens with zero attached hydrogens (tertiary/aromatic N) is 5. The van der Waals surface area contributed by atoms with Gasteiger partial charge in [-0.25, -0.2) is 9.48 Å². The number of benzene rings is 1. The Bertz CT molecular complexity index is 631. The number of tetrazole rings is 1. The van der Waals surface area contributed by atoms with E-state index in [-0.39, 0.29) is 6.03 Å². The van der Waals surface area contributed by atoms with Crippen LogP contribution in [-0.2, 0) is 0 Å². The summed E-state index contributed by atoms with van der Waals surface area (Å²) in [5, 5.41) is 14.2. The highest BCUT2D eigenvalue weighted by Gasteiger charge is 2.16. The van der Waals surface area contributed by atoms with Crippen molar-refractivity contribution in [2.24, 2.45) is 0 Å². The smallest absolute Gasteiger partial charge is 0.321 e. The topological polar surface area (TPSA) is 75.9 Å². The Morgan fingerprint density at radius 1 is 1.18 bits per heavy atom. The van der Waals surface area contributed by atoms with Gasteiger partial charge in [0.15, 0.2) is 0 Å². The maximum Gasteiger partial charge on any atom is 0.321 e. The molecule has 2 aromatic rings. The average Bonchev–Trinajstić information content (AvgIpc) is 2.91. The lowest BCUT2D eigenvalue weighted by molar-refractivity contribution is 0.214. The molecule has 1 aliphatic heterocycles. The number of rotatable bonds is 2. The molecule has 0 atom stereocenters. The molecule has 1 aliphatic rings. The van der Waals surface area contributed by atoms with Gasteiger partial charge in [0, 0.05) is 18.8 Å². The number of anilines is 1. The van der Waals surface area contributed by atoms with Gasteiger partial charge in [-0.2, -0.15) is 0 Å². The van der Waals surface area contributed by atoms with Gasteiger partial charge in [0.25, 0.3) is 0 Å². The molecule has 3 rings (SSSR count). The van der Waals surface area contributed by atoms with E-state index in [2.05, 4.69) is 20.8 Å². The van der Waals surface area contributed by atoms with Crippen LogP contribution in [0.1, 0.15) is 31.2 Å². The minimum absolute atomic E-state index is 0.0339. The highest BCUT2D eigenvalue weighted by molar-refractivity contribution is 5.89. The lowest BCUT2D eigenvalue weighted by Gasteiger charge is -2.21. The zero-order valence-electron chi connectivity index (χ0n) is 12.7. The molecular formula is C15H20N6O.